The molecule has 0 fully saturated rings. The first-order valence-electron chi connectivity index (χ1n) is 4.70. The molecule has 0 radical (unpaired) electrons. The summed E-state index contributed by atoms with van der Waals surface area (Å²) in [6.45, 7) is 0. The predicted molar refractivity (Wildman–Crippen MR) is 73.0 cm³/mol. The van der Waals surface area contributed by atoms with Gasteiger partial charge in [0.15, 0.2) is 0 Å². The molecule has 0 saturated heterocycles. The zero-order valence-corrected chi connectivity index (χ0v) is 10.7. The second kappa shape index (κ2) is 3.46. The van der Waals surface area contributed by atoms with E-state index < -0.39 is 0 Å². The van der Waals surface area contributed by atoms with Gasteiger partial charge in [-0.25, -0.2) is 0 Å². The van der Waals surface area contributed by atoms with Gasteiger partial charge >= 0.3 is 0 Å². The Hall–Kier alpha value is -0.610. The summed E-state index contributed by atoms with van der Waals surface area (Å²) >= 11 is 8.59. The molecule has 74 valence electrons. The topological polar surface area (TPSA) is 12.4 Å². The van der Waals surface area contributed by atoms with E-state index in [4.69, 9.17) is 11.6 Å². The van der Waals surface area contributed by atoms with E-state index in [0.717, 1.165) is 32.0 Å². The molecule has 0 amide bonds. The third-order valence-corrected chi connectivity index (χ3v) is 4.31. The maximum Gasteiger partial charge on any atom is 0.0712 e. The Bertz CT molecular complexity index is 540. The summed E-state index contributed by atoms with van der Waals surface area (Å²) in [4.78, 5) is 4.58. The van der Waals surface area contributed by atoms with Gasteiger partial charge in [-0.1, -0.05) is 35.9 Å². The fourth-order valence-electron chi connectivity index (χ4n) is 1.93. The molecule has 0 spiro atoms. The lowest BCUT2D eigenvalue weighted by Gasteiger charge is -2.12. The zero-order chi connectivity index (χ0) is 10.4. The largest absolute Gasteiger partial charge is 0.252 e. The Balaban J connectivity index is 2.29. The summed E-state index contributed by atoms with van der Waals surface area (Å²) in [6, 6.07) is 8.15. The minimum atomic E-state index is 0.838. The molecule has 15 heavy (non-hydrogen) atoms. The van der Waals surface area contributed by atoms with Crippen molar-refractivity contribution in [2.75, 3.05) is 0 Å². The SMILES string of the molecule is ClC1=C2C(=Nc3ccccc32)CC=C1I. The van der Waals surface area contributed by atoms with Crippen molar-refractivity contribution in [3.8, 4) is 0 Å². The molecule has 1 aliphatic heterocycles. The van der Waals surface area contributed by atoms with Gasteiger partial charge in [0.25, 0.3) is 0 Å². The van der Waals surface area contributed by atoms with Crippen LogP contribution >= 0.6 is 34.2 Å². The quantitative estimate of drug-likeness (QED) is 0.625. The van der Waals surface area contributed by atoms with Crippen molar-refractivity contribution in [2.24, 2.45) is 4.99 Å². The summed E-state index contributed by atoms with van der Waals surface area (Å²) in [5.74, 6) is 0. The van der Waals surface area contributed by atoms with E-state index in [0.29, 0.717) is 0 Å². The Kier molecular flexibility index (Phi) is 2.21. The Morgan fingerprint density at radius 3 is 2.93 bits per heavy atom. The third-order valence-electron chi connectivity index (χ3n) is 2.62. The van der Waals surface area contributed by atoms with Gasteiger partial charge in [0.1, 0.15) is 0 Å². The molecule has 1 aromatic carbocycles. The van der Waals surface area contributed by atoms with Crippen molar-refractivity contribution in [1.82, 2.24) is 0 Å². The molecular formula is C12H7ClIN. The van der Waals surface area contributed by atoms with Gasteiger partial charge in [-0.3, -0.25) is 4.99 Å². The lowest BCUT2D eigenvalue weighted by molar-refractivity contribution is 1.44. The van der Waals surface area contributed by atoms with Gasteiger partial charge in [0.2, 0.25) is 0 Å². The maximum absolute atomic E-state index is 6.32. The molecule has 0 atom stereocenters. The number of allylic oxidation sites excluding steroid dienone is 4. The normalized spacial score (nSPS) is 18.3. The number of hydrogen-bond donors (Lipinski definition) is 0. The van der Waals surface area contributed by atoms with Crippen LogP contribution in [0.4, 0.5) is 5.69 Å². The molecule has 0 saturated carbocycles. The van der Waals surface area contributed by atoms with E-state index in [1.807, 2.05) is 18.2 Å². The molecule has 0 unspecified atom stereocenters. The summed E-state index contributed by atoms with van der Waals surface area (Å²) in [5.41, 5.74) is 4.43. The van der Waals surface area contributed by atoms with E-state index >= 15 is 0 Å². The van der Waals surface area contributed by atoms with Crippen molar-refractivity contribution in [3.05, 3.63) is 44.5 Å². The van der Waals surface area contributed by atoms with Gasteiger partial charge < -0.3 is 0 Å². The zero-order valence-electron chi connectivity index (χ0n) is 7.80. The predicted octanol–water partition coefficient (Wildman–Crippen LogP) is 4.45. The van der Waals surface area contributed by atoms with Gasteiger partial charge in [-0.2, -0.15) is 0 Å². The molecule has 1 heterocycles. The molecule has 2 aliphatic rings. The van der Waals surface area contributed by atoms with Gasteiger partial charge in [-0.15, -0.1) is 0 Å². The van der Waals surface area contributed by atoms with Crippen LogP contribution in [-0.4, -0.2) is 5.71 Å². The molecule has 3 heteroatoms. The Morgan fingerprint density at radius 1 is 1.27 bits per heavy atom. The molecular weight excluding hydrogens is 320 g/mol. The molecule has 0 aromatic heterocycles. The summed E-state index contributed by atoms with van der Waals surface area (Å²) in [6.07, 6.45) is 3.01. The highest BCUT2D eigenvalue weighted by atomic mass is 127. The van der Waals surface area contributed by atoms with Crippen LogP contribution in [0.1, 0.15) is 12.0 Å². The molecule has 0 bridgehead atoms. The number of aliphatic imine (C=N–C) groups is 1. The maximum atomic E-state index is 6.32. The van der Waals surface area contributed by atoms with Crippen LogP contribution in [0.25, 0.3) is 5.57 Å². The number of halogens is 2. The van der Waals surface area contributed by atoms with Crippen molar-refractivity contribution in [1.29, 1.82) is 0 Å². The van der Waals surface area contributed by atoms with E-state index in [-0.39, 0.29) is 0 Å². The highest BCUT2D eigenvalue weighted by Crippen LogP contribution is 2.44. The summed E-state index contributed by atoms with van der Waals surface area (Å²) in [5, 5.41) is 0.838. The Labute approximate surface area is 107 Å². The average Bonchev–Trinajstić information content (AvgIpc) is 2.62. The van der Waals surface area contributed by atoms with Crippen molar-refractivity contribution in [3.63, 3.8) is 0 Å². The molecule has 1 nitrogen and oxygen atoms in total. The number of benzene rings is 1. The van der Waals surface area contributed by atoms with Crippen LogP contribution in [0, 0.1) is 0 Å². The molecule has 1 aliphatic carbocycles. The van der Waals surface area contributed by atoms with Gasteiger partial charge in [0, 0.05) is 21.1 Å². The minimum Gasteiger partial charge on any atom is -0.252 e. The van der Waals surface area contributed by atoms with Crippen molar-refractivity contribution < 1.29 is 0 Å². The summed E-state index contributed by atoms with van der Waals surface area (Å²) in [7, 11) is 0. The van der Waals surface area contributed by atoms with Crippen LogP contribution in [-0.2, 0) is 0 Å². The third kappa shape index (κ3) is 1.39. The molecule has 3 rings (SSSR count). The second-order valence-corrected chi connectivity index (χ2v) is 5.06. The van der Waals surface area contributed by atoms with Crippen molar-refractivity contribution >= 4 is 51.2 Å². The smallest absolute Gasteiger partial charge is 0.0712 e. The minimum absolute atomic E-state index is 0.838. The van der Waals surface area contributed by atoms with Crippen molar-refractivity contribution in [2.45, 2.75) is 6.42 Å². The molecule has 0 N–H and O–H groups in total. The fourth-order valence-corrected chi connectivity index (χ4v) is 2.71. The van der Waals surface area contributed by atoms with Crippen LogP contribution in [0.15, 0.2) is 43.9 Å². The van der Waals surface area contributed by atoms with E-state index in [2.05, 4.69) is 39.7 Å². The van der Waals surface area contributed by atoms with Gasteiger partial charge in [-0.05, 0) is 28.7 Å². The highest BCUT2D eigenvalue weighted by Gasteiger charge is 2.26. The van der Waals surface area contributed by atoms with E-state index in [9.17, 15) is 0 Å². The van der Waals surface area contributed by atoms with E-state index in [1.54, 1.807) is 0 Å². The fraction of sp³-hybridized carbons (Fsp3) is 0.0833. The first-order chi connectivity index (χ1) is 7.27. The van der Waals surface area contributed by atoms with Gasteiger partial charge in [0.05, 0.1) is 16.4 Å². The first kappa shape index (κ1) is 9.60. The summed E-state index contributed by atoms with van der Waals surface area (Å²) < 4.78 is 1.12. The number of nitrogens with zero attached hydrogens (tertiary/aromatic N) is 1. The number of para-hydroxylation sites is 1. The number of fused-ring (bicyclic) bond motifs is 3. The van der Waals surface area contributed by atoms with E-state index in [1.165, 1.54) is 5.56 Å². The first-order valence-corrected chi connectivity index (χ1v) is 6.16. The second-order valence-electron chi connectivity index (χ2n) is 3.52. The monoisotopic (exact) mass is 327 g/mol. The number of rotatable bonds is 0. The lowest BCUT2D eigenvalue weighted by Crippen LogP contribution is -2.02. The van der Waals surface area contributed by atoms with Crippen LogP contribution in [0.2, 0.25) is 0 Å². The van der Waals surface area contributed by atoms with Crippen LogP contribution < -0.4 is 0 Å². The van der Waals surface area contributed by atoms with Crippen LogP contribution in [0.3, 0.4) is 0 Å². The Morgan fingerprint density at radius 2 is 2.07 bits per heavy atom. The average molecular weight is 328 g/mol. The number of hydrogen-bond acceptors (Lipinski definition) is 1. The standard InChI is InChI=1S/C12H7ClIN/c13-12-8(14)5-6-10-11(12)7-3-1-2-4-9(7)15-10/h1-5H,6H2. The molecule has 1 aromatic rings. The van der Waals surface area contributed by atoms with Crippen LogP contribution in [0.5, 0.6) is 0 Å². The highest BCUT2D eigenvalue weighted by molar-refractivity contribution is 14.1. The lowest BCUT2D eigenvalue weighted by atomic mass is 9.97.